The molecular weight excluding hydrogens is 1590 g/mol. The highest BCUT2D eigenvalue weighted by molar-refractivity contribution is 7.80. The molecule has 26 N–H and O–H groups in total. The van der Waals surface area contributed by atoms with Crippen molar-refractivity contribution in [1.82, 2.24) is 84.0 Å². The number of carboxylic acid groups (broad SMARTS) is 3. The van der Waals surface area contributed by atoms with Crippen LogP contribution < -0.4 is 86.3 Å². The fourth-order valence-electron chi connectivity index (χ4n) is 12.2. The number of benzene rings is 1. The molecule has 3 rings (SSSR count). The number of unbranched alkanes of at least 4 members (excludes halogenated alkanes) is 2. The second kappa shape index (κ2) is 51.8. The lowest BCUT2D eigenvalue weighted by molar-refractivity contribution is -0.143. The molecule has 118 heavy (non-hydrogen) atoms. The molecule has 42 nitrogen and oxygen atoms in total. The molecule has 14 amide bonds. The molecule has 0 saturated carbocycles. The van der Waals surface area contributed by atoms with Crippen molar-refractivity contribution in [1.29, 1.82) is 0 Å². The number of aromatic amines is 1. The zero-order valence-corrected chi connectivity index (χ0v) is 69.2. The molecule has 17 atom stereocenters. The van der Waals surface area contributed by atoms with Gasteiger partial charge in [-0.15, -0.1) is 0 Å². The first-order chi connectivity index (χ1) is 55.6. The predicted octanol–water partition coefficient (Wildman–Crippen LogP) is -5.80. The van der Waals surface area contributed by atoms with Gasteiger partial charge in [-0.25, -0.2) is 9.78 Å². The van der Waals surface area contributed by atoms with Crippen LogP contribution in [0.4, 0.5) is 0 Å². The van der Waals surface area contributed by atoms with Gasteiger partial charge in [0.2, 0.25) is 82.7 Å². The monoisotopic (exact) mass is 1710 g/mol. The van der Waals surface area contributed by atoms with E-state index in [1.807, 2.05) is 0 Å². The lowest BCUT2D eigenvalue weighted by atomic mass is 9.99. The number of aliphatic carboxylic acids is 3. The minimum absolute atomic E-state index is 0.0350. The van der Waals surface area contributed by atoms with E-state index in [0.717, 1.165) is 18.7 Å². The summed E-state index contributed by atoms with van der Waals surface area (Å²) >= 11 is 8.19. The van der Waals surface area contributed by atoms with E-state index < -0.39 is 241 Å². The minimum atomic E-state index is -1.87. The number of hydrogen-bond acceptors (Lipinski definition) is 26. The predicted molar refractivity (Wildman–Crippen MR) is 430 cm³/mol. The molecule has 1 aliphatic heterocycles. The number of nitrogens with zero attached hydrogens (tertiary/aromatic N) is 2. The Morgan fingerprint density at radius 3 is 1.51 bits per heavy atom. The number of nitrogens with two attached hydrogens (primary N) is 3. The molecule has 0 aliphatic carbocycles. The normalized spacial score (nSPS) is 16.7. The number of nitrogens with one attached hydrogen (secondary N) is 14. The van der Waals surface area contributed by atoms with Gasteiger partial charge >= 0.3 is 17.9 Å². The van der Waals surface area contributed by atoms with Gasteiger partial charge in [-0.2, -0.15) is 25.3 Å². The number of hydrogen-bond donors (Lipinski definition) is 25. The van der Waals surface area contributed by atoms with Gasteiger partial charge in [-0.3, -0.25) is 76.7 Å². The zero-order valence-electron chi connectivity index (χ0n) is 67.4. The topological polar surface area (TPSA) is 678 Å². The molecule has 1 aromatic carbocycles. The van der Waals surface area contributed by atoms with Crippen molar-refractivity contribution in [2.45, 2.75) is 248 Å². The summed E-state index contributed by atoms with van der Waals surface area (Å²) in [6.45, 7) is 11.6. The van der Waals surface area contributed by atoms with Crippen LogP contribution in [0, 0.1) is 17.8 Å². The number of aromatic hydroxyl groups is 1. The average Bonchev–Trinajstić information content (AvgIpc) is 1.65. The van der Waals surface area contributed by atoms with E-state index in [0.29, 0.717) is 24.8 Å². The Hall–Kier alpha value is -10.3. The molecule has 2 aromatic rings. The van der Waals surface area contributed by atoms with E-state index in [2.05, 4.69) is 104 Å². The summed E-state index contributed by atoms with van der Waals surface area (Å²) in [5.41, 5.74) is 18.3. The fraction of sp³-hybridized carbons (Fsp3) is 0.649. The largest absolute Gasteiger partial charge is 0.508 e. The van der Waals surface area contributed by atoms with Gasteiger partial charge in [0.05, 0.1) is 37.5 Å². The first-order valence-electron chi connectivity index (χ1n) is 39.0. The maximum absolute atomic E-state index is 14.9. The summed E-state index contributed by atoms with van der Waals surface area (Å²) in [5, 5.41) is 92.2. The number of likely N-dealkylation sites (tertiary alicyclic amines) is 1. The second-order valence-corrected chi connectivity index (χ2v) is 30.4. The third kappa shape index (κ3) is 34.7. The summed E-state index contributed by atoms with van der Waals surface area (Å²) < 4.78 is 0. The van der Waals surface area contributed by atoms with E-state index in [-0.39, 0.29) is 101 Å². The van der Waals surface area contributed by atoms with Crippen LogP contribution in [0.5, 0.6) is 5.75 Å². The van der Waals surface area contributed by atoms with Gasteiger partial charge in [-0.05, 0) is 127 Å². The van der Waals surface area contributed by atoms with Gasteiger partial charge < -0.3 is 127 Å². The van der Waals surface area contributed by atoms with Crippen molar-refractivity contribution in [3.05, 3.63) is 48.0 Å². The zero-order chi connectivity index (χ0) is 88.8. The number of aliphatic hydroxyl groups is 2. The Balaban J connectivity index is 1.97. The highest BCUT2D eigenvalue weighted by Crippen LogP contribution is 2.22. The van der Waals surface area contributed by atoms with Gasteiger partial charge in [0.25, 0.3) is 0 Å². The number of phenolic OH excluding ortho intramolecular Hbond substituents is 1. The summed E-state index contributed by atoms with van der Waals surface area (Å²) in [6.07, 6.45) is -2.31. The van der Waals surface area contributed by atoms with Crippen LogP contribution in [-0.2, 0) is 94.3 Å². The third-order valence-corrected chi connectivity index (χ3v) is 19.9. The van der Waals surface area contributed by atoms with Crippen molar-refractivity contribution in [3.8, 4) is 5.75 Å². The number of amides is 14. The standard InChI is InChI=1S/C74H119N19O23S2/c1-9-38(6)57(77)69(110)87-49(30-56(100)101)66(107)91-60(40(8)95)72(113)84-45(16-11-13-25-76)62(103)89-51(33-117)67(108)86-48(28-41-18-20-43(96)21-19-41)65(106)82-44(15-10-12-24-75)61(102)85-47(27-36(2)3)64(105)83-46(22-23-55(98)99)63(104)88-50(29-42-31-78-35-80-42)73(114)93-26-14-17-53(93)68(109)90-58(37(4)5)71(112)92-59(39(7)94)70(111)79-32-54(97)81-52(34-118)74(115)116/h18-21,31,35-40,44-53,57-60,94-96,117-118H,9-17,22-30,32-34,75-77H2,1-8H3,(H,78,80)(H,79,111)(H,81,97)(H,82,106)(H,83,105)(H,84,113)(H,85,102)(H,86,108)(H,87,110)(H,88,104)(H,89,103)(H,90,109)(H,91,107)(H,92,112)(H,98,99)(H,100,101)(H,115,116)/t38-,39+,40+,44-,45-,46-,47-,48-,49-,50-,51-,52-,53-,57-,58-,59-,60-/m0/s1. The number of carbonyl (C=O) groups is 17. The van der Waals surface area contributed by atoms with E-state index in [1.165, 1.54) is 36.8 Å². The number of aliphatic hydroxyl groups excluding tert-OH is 2. The Morgan fingerprint density at radius 1 is 0.534 bits per heavy atom. The molecule has 0 radical (unpaired) electrons. The van der Waals surface area contributed by atoms with Gasteiger partial charge in [0.15, 0.2) is 0 Å². The smallest absolute Gasteiger partial charge is 0.327 e. The van der Waals surface area contributed by atoms with E-state index in [9.17, 15) is 112 Å². The lowest BCUT2D eigenvalue weighted by Crippen LogP contribution is -2.62. The lowest BCUT2D eigenvalue weighted by Gasteiger charge is -2.32. The first kappa shape index (κ1) is 102. The van der Waals surface area contributed by atoms with E-state index in [4.69, 9.17) is 17.2 Å². The molecule has 0 unspecified atom stereocenters. The SMILES string of the molecule is CC[C@H](C)[C@H](N)C(=O)N[C@@H](CC(=O)O)C(=O)N[C@H](C(=O)N[C@@H](CCCCN)C(=O)N[C@@H](CS)C(=O)N[C@@H](Cc1ccc(O)cc1)C(=O)N[C@@H](CCCCN)C(=O)N[C@@H](CC(C)C)C(=O)N[C@@H](CCC(=O)O)C(=O)N[C@@H](Cc1cnc[nH]1)C(=O)N1CCC[C@H]1C(=O)N[C@H](C(=O)N[C@H](C(=O)NCC(=O)N[C@@H](CS)C(=O)O)[C@@H](C)O)C(C)C)[C@@H](C)O. The summed E-state index contributed by atoms with van der Waals surface area (Å²) in [7, 11) is 0. The Morgan fingerprint density at radius 2 is 1.01 bits per heavy atom. The van der Waals surface area contributed by atoms with Crippen molar-refractivity contribution in [2.75, 3.05) is 37.7 Å². The van der Waals surface area contributed by atoms with Crippen molar-refractivity contribution in [3.63, 3.8) is 0 Å². The highest BCUT2D eigenvalue weighted by atomic mass is 32.1. The van der Waals surface area contributed by atoms with Crippen LogP contribution in [0.15, 0.2) is 36.8 Å². The maximum atomic E-state index is 14.9. The average molecular weight is 1710 g/mol. The second-order valence-electron chi connectivity index (χ2n) is 29.7. The summed E-state index contributed by atoms with van der Waals surface area (Å²) in [5.74, 6) is -20.7. The Labute approximate surface area is 693 Å². The number of aromatic nitrogens is 2. The molecular formula is C74H119N19O23S2. The maximum Gasteiger partial charge on any atom is 0.327 e. The van der Waals surface area contributed by atoms with Gasteiger partial charge in [0, 0.05) is 49.2 Å². The van der Waals surface area contributed by atoms with Gasteiger partial charge in [-0.1, -0.05) is 60.1 Å². The van der Waals surface area contributed by atoms with Crippen molar-refractivity contribution >= 4 is 126 Å². The molecule has 1 fully saturated rings. The molecule has 2 heterocycles. The van der Waals surface area contributed by atoms with Crippen LogP contribution in [0.2, 0.25) is 0 Å². The molecule has 1 aliphatic rings. The number of phenols is 1. The van der Waals surface area contributed by atoms with E-state index >= 15 is 0 Å². The number of carboxylic acids is 3. The van der Waals surface area contributed by atoms with Crippen LogP contribution in [0.1, 0.15) is 150 Å². The molecule has 660 valence electrons. The number of thiol groups is 2. The molecule has 0 spiro atoms. The van der Waals surface area contributed by atoms with Crippen LogP contribution >= 0.6 is 25.3 Å². The number of H-pyrrole nitrogens is 1. The molecule has 44 heteroatoms. The van der Waals surface area contributed by atoms with E-state index in [1.54, 1.807) is 41.5 Å². The van der Waals surface area contributed by atoms with Gasteiger partial charge in [0.1, 0.15) is 84.3 Å². The van der Waals surface area contributed by atoms with Crippen LogP contribution in [0.3, 0.4) is 0 Å². The van der Waals surface area contributed by atoms with Crippen LogP contribution in [0.25, 0.3) is 0 Å². The number of carbonyl (C=O) groups excluding carboxylic acids is 14. The fourth-order valence-corrected chi connectivity index (χ4v) is 12.7. The van der Waals surface area contributed by atoms with Crippen LogP contribution in [-0.4, -0.2) is 281 Å². The number of rotatable bonds is 54. The highest BCUT2D eigenvalue weighted by Gasteiger charge is 2.43. The minimum Gasteiger partial charge on any atom is -0.508 e. The molecule has 1 saturated heterocycles. The third-order valence-electron chi connectivity index (χ3n) is 19.2. The quantitative estimate of drug-likeness (QED) is 0.0217. The van der Waals surface area contributed by atoms with Crippen molar-refractivity contribution < 1.29 is 112 Å². The summed E-state index contributed by atoms with van der Waals surface area (Å²) in [6, 6.07) is -16.3. The van der Waals surface area contributed by atoms with Crippen molar-refractivity contribution in [2.24, 2.45) is 35.0 Å². The summed E-state index contributed by atoms with van der Waals surface area (Å²) in [4.78, 5) is 241. The Bertz CT molecular complexity index is 3710. The number of imidazole rings is 1. The first-order valence-corrected chi connectivity index (χ1v) is 40.2. The molecule has 0 bridgehead atoms. The Kier molecular flexibility index (Phi) is 44.8. The molecule has 1 aromatic heterocycles.